The van der Waals surface area contributed by atoms with Gasteiger partial charge in [-0.1, -0.05) is 35.0 Å². The molecule has 0 amide bonds. The minimum atomic E-state index is -4.63. The highest BCUT2D eigenvalue weighted by Gasteiger charge is 2.31. The summed E-state index contributed by atoms with van der Waals surface area (Å²) in [6.07, 6.45) is -2.48. The van der Waals surface area contributed by atoms with Gasteiger partial charge in [0.2, 0.25) is 0 Å². The van der Waals surface area contributed by atoms with Gasteiger partial charge in [-0.3, -0.25) is 0 Å². The maximum Gasteiger partial charge on any atom is 0.573 e. The molecule has 17 heavy (non-hydrogen) atoms. The Kier molecular flexibility index (Phi) is 5.31. The molecule has 0 heterocycles. The molecule has 1 aromatic carbocycles. The molecule has 0 saturated carbocycles. The van der Waals surface area contributed by atoms with Crippen LogP contribution in [0.25, 0.3) is 0 Å². The summed E-state index contributed by atoms with van der Waals surface area (Å²) in [5, 5.41) is 0.759. The molecule has 0 aliphatic carbocycles. The summed E-state index contributed by atoms with van der Waals surface area (Å²) in [5.41, 5.74) is 1.63. The summed E-state index contributed by atoms with van der Waals surface area (Å²) < 4.78 is 40.6. The van der Waals surface area contributed by atoms with E-state index >= 15 is 0 Å². The van der Waals surface area contributed by atoms with Gasteiger partial charge in [-0.25, -0.2) is 0 Å². The van der Waals surface area contributed by atoms with E-state index in [2.05, 4.69) is 20.7 Å². The van der Waals surface area contributed by atoms with E-state index in [-0.39, 0.29) is 5.75 Å². The molecule has 0 unspecified atom stereocenters. The second-order valence-electron chi connectivity index (χ2n) is 3.64. The summed E-state index contributed by atoms with van der Waals surface area (Å²) in [6.45, 7) is 1.97. The lowest BCUT2D eigenvalue weighted by Gasteiger charge is -2.14. The molecule has 0 radical (unpaired) electrons. The number of rotatable bonds is 5. The van der Waals surface area contributed by atoms with E-state index in [1.54, 1.807) is 12.1 Å². The number of alkyl halides is 4. The Balaban J connectivity index is 2.93. The van der Waals surface area contributed by atoms with Gasteiger partial charge in [0, 0.05) is 5.33 Å². The van der Waals surface area contributed by atoms with Crippen molar-refractivity contribution >= 4 is 15.9 Å². The van der Waals surface area contributed by atoms with Gasteiger partial charge in [0.1, 0.15) is 5.75 Å². The van der Waals surface area contributed by atoms with Crippen LogP contribution in [0.5, 0.6) is 5.75 Å². The molecule has 0 aliphatic rings. The van der Waals surface area contributed by atoms with Crippen molar-refractivity contribution in [2.75, 3.05) is 5.33 Å². The number of ether oxygens (including phenoxy) is 1. The zero-order valence-corrected chi connectivity index (χ0v) is 11.1. The van der Waals surface area contributed by atoms with Gasteiger partial charge in [-0.15, -0.1) is 13.2 Å². The van der Waals surface area contributed by atoms with E-state index in [0.717, 1.165) is 23.7 Å². The number of aryl methyl sites for hydroxylation is 2. The molecule has 0 spiro atoms. The lowest BCUT2D eigenvalue weighted by atomic mass is 10.0. The van der Waals surface area contributed by atoms with E-state index in [1.165, 1.54) is 6.07 Å². The fraction of sp³-hybridized carbons (Fsp3) is 0.500. The second-order valence-corrected chi connectivity index (χ2v) is 4.43. The molecule has 1 rings (SSSR count). The Morgan fingerprint density at radius 1 is 1.29 bits per heavy atom. The normalized spacial score (nSPS) is 11.6. The highest BCUT2D eigenvalue weighted by molar-refractivity contribution is 9.09. The van der Waals surface area contributed by atoms with Gasteiger partial charge >= 0.3 is 6.36 Å². The van der Waals surface area contributed by atoms with Crippen molar-refractivity contribution in [3.05, 3.63) is 29.3 Å². The van der Waals surface area contributed by atoms with E-state index in [4.69, 9.17) is 0 Å². The van der Waals surface area contributed by atoms with Crippen LogP contribution in [0.3, 0.4) is 0 Å². The maximum absolute atomic E-state index is 12.2. The smallest absolute Gasteiger partial charge is 0.406 e. The van der Waals surface area contributed by atoms with Crippen molar-refractivity contribution in [3.63, 3.8) is 0 Å². The van der Waals surface area contributed by atoms with Crippen LogP contribution in [-0.2, 0) is 12.8 Å². The molecule has 5 heteroatoms. The topological polar surface area (TPSA) is 9.23 Å². The first-order chi connectivity index (χ1) is 7.96. The molecule has 1 aromatic rings. The fourth-order valence-corrected chi connectivity index (χ4v) is 1.81. The van der Waals surface area contributed by atoms with Gasteiger partial charge < -0.3 is 4.74 Å². The Morgan fingerprint density at radius 3 is 2.53 bits per heavy atom. The van der Waals surface area contributed by atoms with E-state index in [9.17, 15) is 13.2 Å². The minimum absolute atomic E-state index is 0.0874. The molecule has 96 valence electrons. The first-order valence-electron chi connectivity index (χ1n) is 5.39. The summed E-state index contributed by atoms with van der Waals surface area (Å²) >= 11 is 3.27. The Bertz CT molecular complexity index is 363. The van der Waals surface area contributed by atoms with Crippen molar-refractivity contribution in [1.82, 2.24) is 0 Å². The molecule has 0 aromatic heterocycles. The maximum atomic E-state index is 12.2. The number of benzene rings is 1. The van der Waals surface area contributed by atoms with Gasteiger partial charge in [0.15, 0.2) is 0 Å². The Hall–Kier alpha value is -0.710. The third-order valence-electron chi connectivity index (χ3n) is 2.34. The predicted molar refractivity (Wildman–Crippen MR) is 64.6 cm³/mol. The van der Waals surface area contributed by atoms with E-state index in [1.807, 2.05) is 6.92 Å². The quantitative estimate of drug-likeness (QED) is 0.729. The van der Waals surface area contributed by atoms with Crippen LogP contribution < -0.4 is 4.74 Å². The molecule has 0 saturated heterocycles. The third kappa shape index (κ3) is 4.98. The van der Waals surface area contributed by atoms with Gasteiger partial charge in [0.25, 0.3) is 0 Å². The first-order valence-corrected chi connectivity index (χ1v) is 6.52. The summed E-state index contributed by atoms with van der Waals surface area (Å²) in [5.74, 6) is -0.0874. The average molecular weight is 311 g/mol. The number of halogens is 4. The van der Waals surface area contributed by atoms with Gasteiger partial charge in [-0.2, -0.15) is 0 Å². The van der Waals surface area contributed by atoms with Crippen LogP contribution in [0.4, 0.5) is 13.2 Å². The standard InChI is InChI=1S/C12H14BrF3O/c1-2-9-5-6-11(17-12(14,15)16)10(8-9)4-3-7-13/h5-6,8H,2-4,7H2,1H3. The first kappa shape index (κ1) is 14.4. The van der Waals surface area contributed by atoms with Crippen LogP contribution in [0, 0.1) is 0 Å². The van der Waals surface area contributed by atoms with Gasteiger partial charge in [0.05, 0.1) is 0 Å². The molecular weight excluding hydrogens is 297 g/mol. The molecule has 1 nitrogen and oxygen atoms in total. The van der Waals surface area contributed by atoms with Crippen LogP contribution in [0.2, 0.25) is 0 Å². The molecule has 0 fully saturated rings. The third-order valence-corrected chi connectivity index (χ3v) is 2.90. The van der Waals surface area contributed by atoms with Crippen molar-refractivity contribution in [2.24, 2.45) is 0 Å². The van der Waals surface area contributed by atoms with Crippen LogP contribution >= 0.6 is 15.9 Å². The molecule has 0 atom stereocenters. The van der Waals surface area contributed by atoms with Crippen LogP contribution in [-0.4, -0.2) is 11.7 Å². The van der Waals surface area contributed by atoms with Crippen molar-refractivity contribution in [1.29, 1.82) is 0 Å². The Morgan fingerprint density at radius 2 is 2.00 bits per heavy atom. The molecular formula is C12H14BrF3O. The predicted octanol–water partition coefficient (Wildman–Crippen LogP) is 4.48. The van der Waals surface area contributed by atoms with Crippen molar-refractivity contribution < 1.29 is 17.9 Å². The van der Waals surface area contributed by atoms with Crippen molar-refractivity contribution in [2.45, 2.75) is 32.5 Å². The summed E-state index contributed by atoms with van der Waals surface area (Å²) in [4.78, 5) is 0. The SMILES string of the molecule is CCc1ccc(OC(F)(F)F)c(CCCBr)c1. The Labute approximate surface area is 107 Å². The number of hydrogen-bond acceptors (Lipinski definition) is 1. The van der Waals surface area contributed by atoms with Crippen molar-refractivity contribution in [3.8, 4) is 5.75 Å². The molecule has 0 aliphatic heterocycles. The molecule has 0 bridgehead atoms. The fourth-order valence-electron chi connectivity index (χ4n) is 1.53. The lowest BCUT2D eigenvalue weighted by molar-refractivity contribution is -0.274. The largest absolute Gasteiger partial charge is 0.573 e. The highest BCUT2D eigenvalue weighted by Crippen LogP contribution is 2.28. The summed E-state index contributed by atoms with van der Waals surface area (Å²) in [7, 11) is 0. The number of hydrogen-bond donors (Lipinski definition) is 0. The minimum Gasteiger partial charge on any atom is -0.406 e. The van der Waals surface area contributed by atoms with E-state index < -0.39 is 6.36 Å². The zero-order chi connectivity index (χ0) is 12.9. The highest BCUT2D eigenvalue weighted by atomic mass is 79.9. The average Bonchev–Trinajstić information content (AvgIpc) is 2.26. The molecule has 0 N–H and O–H groups in total. The van der Waals surface area contributed by atoms with E-state index in [0.29, 0.717) is 12.0 Å². The van der Waals surface area contributed by atoms with Crippen LogP contribution in [0.15, 0.2) is 18.2 Å². The second kappa shape index (κ2) is 6.28. The van der Waals surface area contributed by atoms with Crippen LogP contribution in [0.1, 0.15) is 24.5 Å². The van der Waals surface area contributed by atoms with Gasteiger partial charge in [-0.05, 0) is 36.5 Å². The zero-order valence-electron chi connectivity index (χ0n) is 9.48. The lowest BCUT2D eigenvalue weighted by Crippen LogP contribution is -2.18. The monoisotopic (exact) mass is 310 g/mol. The summed E-state index contributed by atoms with van der Waals surface area (Å²) in [6, 6.07) is 4.85.